The van der Waals surface area contributed by atoms with Gasteiger partial charge in [0.2, 0.25) is 11.8 Å². The molecule has 3 aromatic rings. The van der Waals surface area contributed by atoms with E-state index >= 15 is 0 Å². The smallest absolute Gasteiger partial charge is 0.251 e. The monoisotopic (exact) mass is 399 g/mol. The van der Waals surface area contributed by atoms with Crippen molar-refractivity contribution in [1.29, 1.82) is 0 Å². The van der Waals surface area contributed by atoms with Gasteiger partial charge in [0.15, 0.2) is 5.65 Å². The molecule has 0 atom stereocenters. The zero-order chi connectivity index (χ0) is 20.4. The van der Waals surface area contributed by atoms with Gasteiger partial charge < -0.3 is 19.4 Å². The van der Waals surface area contributed by atoms with Crippen LogP contribution in [0.4, 0.5) is 5.69 Å². The maximum atomic E-state index is 11.5. The normalized spacial score (nSPS) is 15.0. The van der Waals surface area contributed by atoms with E-state index in [0.717, 1.165) is 54.9 Å². The molecule has 0 bridgehead atoms. The quantitative estimate of drug-likeness (QED) is 0.671. The molecule has 0 aromatic carbocycles. The number of anilines is 1. The number of carbonyl (C=O) groups excluding carboxylic acids is 1. The van der Waals surface area contributed by atoms with E-state index in [9.17, 15) is 4.79 Å². The third-order valence-electron chi connectivity index (χ3n) is 5.14. The summed E-state index contributed by atoms with van der Waals surface area (Å²) in [5.41, 5.74) is 2.42. The first-order valence-electron chi connectivity index (χ1n) is 9.80. The molecule has 4 rings (SSSR count). The number of hydrogen-bond acceptors (Lipinski definition) is 8. The molecule has 0 saturated carbocycles. The number of hydrogen-bond donors (Lipinski definition) is 1. The average Bonchev–Trinajstić information content (AvgIpc) is 3.35. The summed E-state index contributed by atoms with van der Waals surface area (Å²) in [5, 5.41) is 17.3. The van der Waals surface area contributed by atoms with E-state index in [1.54, 1.807) is 13.2 Å². The van der Waals surface area contributed by atoms with Crippen molar-refractivity contribution >= 4 is 22.6 Å². The minimum atomic E-state index is -0.0679. The number of aromatic nitrogens is 5. The minimum absolute atomic E-state index is 0.0679. The molecule has 1 aliphatic rings. The van der Waals surface area contributed by atoms with Crippen molar-refractivity contribution < 1.29 is 13.9 Å². The Morgan fingerprint density at radius 3 is 2.83 bits per heavy atom. The van der Waals surface area contributed by atoms with Crippen molar-refractivity contribution in [2.75, 3.05) is 25.6 Å². The fraction of sp³-hybridized carbons (Fsp3) is 0.526. The molecule has 0 unspecified atom stereocenters. The lowest BCUT2D eigenvalue weighted by atomic mass is 10.1. The highest BCUT2D eigenvalue weighted by atomic mass is 16.5. The van der Waals surface area contributed by atoms with Crippen molar-refractivity contribution in [2.24, 2.45) is 0 Å². The first kappa shape index (κ1) is 19.3. The van der Waals surface area contributed by atoms with Crippen LogP contribution in [-0.4, -0.2) is 62.1 Å². The van der Waals surface area contributed by atoms with Gasteiger partial charge in [0.1, 0.15) is 0 Å². The Labute approximate surface area is 168 Å². The number of nitrogens with one attached hydrogen (secondary N) is 1. The topological polar surface area (TPSA) is 111 Å². The van der Waals surface area contributed by atoms with Gasteiger partial charge in [0, 0.05) is 46.0 Å². The van der Waals surface area contributed by atoms with E-state index < -0.39 is 0 Å². The molecule has 1 amide bonds. The molecule has 1 saturated heterocycles. The van der Waals surface area contributed by atoms with E-state index in [1.807, 2.05) is 17.8 Å². The molecule has 154 valence electrons. The minimum Gasteiger partial charge on any atom is -0.419 e. The van der Waals surface area contributed by atoms with Gasteiger partial charge in [-0.05, 0) is 19.8 Å². The first-order valence-corrected chi connectivity index (χ1v) is 9.80. The standard InChI is InChI=1S/C19H25N7O3/c1-4-26-18-14(10-21-26)17(22-13-5-7-28-8-6-13)15(9-20-18)19-24-23-16(29-19)11-25(3)12(2)27/h9-10,13H,4-8,11H2,1-3H3,(H,20,22). The van der Waals surface area contributed by atoms with Gasteiger partial charge in [-0.2, -0.15) is 5.10 Å². The number of amides is 1. The van der Waals surface area contributed by atoms with Crippen LogP contribution in [0.3, 0.4) is 0 Å². The van der Waals surface area contributed by atoms with Crippen LogP contribution < -0.4 is 5.32 Å². The number of ether oxygens (including phenoxy) is 1. The molecule has 0 aliphatic carbocycles. The molecule has 29 heavy (non-hydrogen) atoms. The predicted molar refractivity (Wildman–Crippen MR) is 106 cm³/mol. The molecule has 0 spiro atoms. The van der Waals surface area contributed by atoms with Crippen LogP contribution in [0, 0.1) is 0 Å². The summed E-state index contributed by atoms with van der Waals surface area (Å²) in [6.45, 7) is 5.98. The maximum Gasteiger partial charge on any atom is 0.251 e. The predicted octanol–water partition coefficient (Wildman–Crippen LogP) is 2.07. The van der Waals surface area contributed by atoms with E-state index in [-0.39, 0.29) is 18.5 Å². The Hall–Kier alpha value is -3.01. The van der Waals surface area contributed by atoms with Crippen LogP contribution in [0.25, 0.3) is 22.5 Å². The summed E-state index contributed by atoms with van der Waals surface area (Å²) in [5.74, 6) is 0.672. The number of carbonyl (C=O) groups is 1. The van der Waals surface area contributed by atoms with Gasteiger partial charge in [-0.15, -0.1) is 10.2 Å². The van der Waals surface area contributed by atoms with Crippen LogP contribution in [0.2, 0.25) is 0 Å². The number of rotatable bonds is 6. The van der Waals surface area contributed by atoms with Crippen LogP contribution in [0.15, 0.2) is 16.8 Å². The van der Waals surface area contributed by atoms with Crippen LogP contribution in [0.1, 0.15) is 32.6 Å². The van der Waals surface area contributed by atoms with Crippen molar-refractivity contribution in [3.05, 3.63) is 18.3 Å². The molecule has 10 heteroatoms. The molecule has 3 aromatic heterocycles. The molecule has 1 fully saturated rings. The number of aryl methyl sites for hydroxylation is 1. The summed E-state index contributed by atoms with van der Waals surface area (Å²) in [6.07, 6.45) is 5.40. The zero-order valence-electron chi connectivity index (χ0n) is 16.9. The Morgan fingerprint density at radius 1 is 1.31 bits per heavy atom. The highest BCUT2D eigenvalue weighted by Gasteiger charge is 2.22. The van der Waals surface area contributed by atoms with Gasteiger partial charge in [-0.1, -0.05) is 0 Å². The zero-order valence-corrected chi connectivity index (χ0v) is 16.9. The van der Waals surface area contributed by atoms with Crippen molar-refractivity contribution in [3.63, 3.8) is 0 Å². The first-order chi connectivity index (χ1) is 14.1. The van der Waals surface area contributed by atoms with Gasteiger partial charge in [-0.25, -0.2) is 9.67 Å². The van der Waals surface area contributed by atoms with Crippen LogP contribution in [-0.2, 0) is 22.6 Å². The summed E-state index contributed by atoms with van der Waals surface area (Å²) in [7, 11) is 1.69. The Bertz CT molecular complexity index is 1010. The van der Waals surface area contributed by atoms with E-state index in [0.29, 0.717) is 11.8 Å². The lowest BCUT2D eigenvalue weighted by Gasteiger charge is -2.25. The fourth-order valence-electron chi connectivity index (χ4n) is 3.36. The molecular weight excluding hydrogens is 374 g/mol. The van der Waals surface area contributed by atoms with Gasteiger partial charge in [-0.3, -0.25) is 4.79 Å². The SMILES string of the molecule is CCn1ncc2c(NC3CCOCC3)c(-c3nnc(CN(C)C(C)=O)o3)cnc21. The third-order valence-corrected chi connectivity index (χ3v) is 5.14. The second-order valence-corrected chi connectivity index (χ2v) is 7.15. The lowest BCUT2D eigenvalue weighted by Crippen LogP contribution is -2.28. The van der Waals surface area contributed by atoms with E-state index in [2.05, 4.69) is 25.6 Å². The molecule has 4 heterocycles. The van der Waals surface area contributed by atoms with Crippen LogP contribution in [0.5, 0.6) is 0 Å². The Balaban J connectivity index is 1.72. The molecular formula is C19H25N7O3. The summed E-state index contributed by atoms with van der Waals surface area (Å²) < 4.78 is 13.2. The van der Waals surface area contributed by atoms with Crippen molar-refractivity contribution in [2.45, 2.75) is 45.8 Å². The summed E-state index contributed by atoms with van der Waals surface area (Å²) in [4.78, 5) is 17.6. The fourth-order valence-corrected chi connectivity index (χ4v) is 3.36. The van der Waals surface area contributed by atoms with Crippen LogP contribution >= 0.6 is 0 Å². The largest absolute Gasteiger partial charge is 0.419 e. The van der Waals surface area contributed by atoms with Crippen molar-refractivity contribution in [3.8, 4) is 11.5 Å². The van der Waals surface area contributed by atoms with Crippen molar-refractivity contribution in [1.82, 2.24) is 29.9 Å². The number of nitrogens with zero attached hydrogens (tertiary/aromatic N) is 6. The average molecular weight is 399 g/mol. The molecule has 1 aliphatic heterocycles. The second-order valence-electron chi connectivity index (χ2n) is 7.15. The van der Waals surface area contributed by atoms with E-state index in [4.69, 9.17) is 9.15 Å². The highest BCUT2D eigenvalue weighted by Crippen LogP contribution is 2.34. The third kappa shape index (κ3) is 3.93. The van der Waals surface area contributed by atoms with E-state index in [1.165, 1.54) is 11.8 Å². The summed E-state index contributed by atoms with van der Waals surface area (Å²) >= 11 is 0. The number of fused-ring (bicyclic) bond motifs is 1. The Morgan fingerprint density at radius 2 is 2.10 bits per heavy atom. The maximum absolute atomic E-state index is 11.5. The van der Waals surface area contributed by atoms with Gasteiger partial charge in [0.05, 0.1) is 29.4 Å². The molecule has 1 N–H and O–H groups in total. The number of pyridine rings is 1. The Kier molecular flexibility index (Phi) is 5.43. The second kappa shape index (κ2) is 8.16. The molecule has 0 radical (unpaired) electrons. The lowest BCUT2D eigenvalue weighted by molar-refractivity contribution is -0.128. The van der Waals surface area contributed by atoms with Gasteiger partial charge in [0.25, 0.3) is 5.89 Å². The van der Waals surface area contributed by atoms with Gasteiger partial charge >= 0.3 is 0 Å². The molecule has 10 nitrogen and oxygen atoms in total. The highest BCUT2D eigenvalue weighted by molar-refractivity contribution is 5.96. The summed E-state index contributed by atoms with van der Waals surface area (Å²) in [6, 6.07) is 0.282.